The maximum absolute atomic E-state index is 13.0. The minimum atomic E-state index is -0.869. The Balaban J connectivity index is 1.76. The number of esters is 1. The lowest BCUT2D eigenvalue weighted by atomic mass is 9.95. The lowest BCUT2D eigenvalue weighted by molar-refractivity contribution is -0.146. The van der Waals surface area contributed by atoms with Gasteiger partial charge in [-0.05, 0) is 44.3 Å². The first-order valence-corrected chi connectivity index (χ1v) is 11.0. The summed E-state index contributed by atoms with van der Waals surface area (Å²) in [5.74, 6) is -1.33. The molecule has 2 atom stereocenters. The highest BCUT2D eigenvalue weighted by Crippen LogP contribution is 2.21. The third-order valence-corrected chi connectivity index (χ3v) is 6.45. The summed E-state index contributed by atoms with van der Waals surface area (Å²) in [6.45, 7) is 3.88. The number of carbonyl (C=O) groups excluding carboxylic acids is 4. The third-order valence-electron chi connectivity index (χ3n) is 5.59. The number of amides is 3. The van der Waals surface area contributed by atoms with Gasteiger partial charge in [0.25, 0.3) is 5.91 Å². The molecule has 2 fully saturated rings. The van der Waals surface area contributed by atoms with Crippen LogP contribution < -0.4 is 10.6 Å². The van der Waals surface area contributed by atoms with Crippen molar-refractivity contribution in [2.75, 3.05) is 39.8 Å². The second-order valence-corrected chi connectivity index (χ2v) is 8.50. The molecule has 9 nitrogen and oxygen atoms in total. The number of thiophene rings is 1. The second kappa shape index (κ2) is 10.0. The molecule has 0 spiro atoms. The van der Waals surface area contributed by atoms with Crippen molar-refractivity contribution in [3.8, 4) is 0 Å². The molecule has 2 aliphatic rings. The molecule has 1 aromatic heterocycles. The molecular weight excluding hydrogens is 408 g/mol. The van der Waals surface area contributed by atoms with E-state index in [9.17, 15) is 19.2 Å². The van der Waals surface area contributed by atoms with E-state index in [2.05, 4.69) is 15.4 Å². The minimum Gasteiger partial charge on any atom is -0.467 e. The summed E-state index contributed by atoms with van der Waals surface area (Å²) in [5.41, 5.74) is 0. The number of piperazine rings is 1. The zero-order chi connectivity index (χ0) is 21.7. The van der Waals surface area contributed by atoms with Crippen LogP contribution in [0.25, 0.3) is 0 Å². The molecule has 0 unspecified atom stereocenters. The standard InChI is InChI=1S/C20H28N4O5S/c1-13(20(28)29-2)22-17(25)15-12-23(18(26)14-5-7-21-8-6-14)9-10-24(15)19(27)16-4-3-11-30-16/h3-4,11,13-15,21H,5-10,12H2,1-2H3,(H,22,25)/t13-,15-/m1/s1. The van der Waals surface area contributed by atoms with E-state index in [4.69, 9.17) is 0 Å². The van der Waals surface area contributed by atoms with Crippen molar-refractivity contribution in [1.82, 2.24) is 20.4 Å². The number of nitrogens with one attached hydrogen (secondary N) is 2. The summed E-state index contributed by atoms with van der Waals surface area (Å²) in [6.07, 6.45) is 1.53. The van der Waals surface area contributed by atoms with Gasteiger partial charge in [0.05, 0.1) is 18.5 Å². The van der Waals surface area contributed by atoms with E-state index >= 15 is 0 Å². The Hall–Kier alpha value is -2.46. The Morgan fingerprint density at radius 3 is 2.60 bits per heavy atom. The molecule has 1 aromatic rings. The van der Waals surface area contributed by atoms with Crippen LogP contribution in [-0.4, -0.2) is 85.4 Å². The van der Waals surface area contributed by atoms with Crippen LogP contribution >= 0.6 is 11.3 Å². The van der Waals surface area contributed by atoms with Gasteiger partial charge in [-0.15, -0.1) is 11.3 Å². The molecular formula is C20H28N4O5S. The Kier molecular flexibility index (Phi) is 7.43. The van der Waals surface area contributed by atoms with Crippen molar-refractivity contribution in [3.05, 3.63) is 22.4 Å². The Labute approximate surface area is 179 Å². The van der Waals surface area contributed by atoms with Crippen LogP contribution in [0.2, 0.25) is 0 Å². The largest absolute Gasteiger partial charge is 0.467 e. The number of hydrogen-bond donors (Lipinski definition) is 2. The quantitative estimate of drug-likeness (QED) is 0.633. The lowest BCUT2D eigenvalue weighted by Crippen LogP contribution is -2.63. The predicted octanol–water partition coefficient (Wildman–Crippen LogP) is 0.0784. The monoisotopic (exact) mass is 436 g/mol. The van der Waals surface area contributed by atoms with Crippen molar-refractivity contribution < 1.29 is 23.9 Å². The van der Waals surface area contributed by atoms with Crippen LogP contribution in [0.4, 0.5) is 0 Å². The van der Waals surface area contributed by atoms with Crippen molar-refractivity contribution in [3.63, 3.8) is 0 Å². The number of methoxy groups -OCH3 is 1. The van der Waals surface area contributed by atoms with E-state index < -0.39 is 24.0 Å². The Morgan fingerprint density at radius 1 is 1.23 bits per heavy atom. The van der Waals surface area contributed by atoms with Gasteiger partial charge in [0.15, 0.2) is 0 Å². The summed E-state index contributed by atoms with van der Waals surface area (Å²) in [5, 5.41) is 7.67. The van der Waals surface area contributed by atoms with E-state index in [0.717, 1.165) is 25.9 Å². The highest BCUT2D eigenvalue weighted by molar-refractivity contribution is 7.12. The van der Waals surface area contributed by atoms with Gasteiger partial charge in [-0.1, -0.05) is 6.07 Å². The van der Waals surface area contributed by atoms with E-state index in [0.29, 0.717) is 11.4 Å². The van der Waals surface area contributed by atoms with Gasteiger partial charge in [0, 0.05) is 19.0 Å². The summed E-state index contributed by atoms with van der Waals surface area (Å²) in [6, 6.07) is 1.78. The zero-order valence-corrected chi connectivity index (χ0v) is 18.1. The minimum absolute atomic E-state index is 0.0264. The van der Waals surface area contributed by atoms with E-state index in [-0.39, 0.29) is 30.8 Å². The van der Waals surface area contributed by atoms with Gasteiger partial charge in [0.1, 0.15) is 12.1 Å². The van der Waals surface area contributed by atoms with Gasteiger partial charge < -0.3 is 25.2 Å². The molecule has 0 bridgehead atoms. The van der Waals surface area contributed by atoms with E-state index in [1.807, 2.05) is 0 Å². The van der Waals surface area contributed by atoms with E-state index in [1.165, 1.54) is 30.3 Å². The van der Waals surface area contributed by atoms with Gasteiger partial charge in [0.2, 0.25) is 11.8 Å². The molecule has 0 aromatic carbocycles. The summed E-state index contributed by atoms with van der Waals surface area (Å²) < 4.78 is 4.67. The smallest absolute Gasteiger partial charge is 0.328 e. The molecule has 30 heavy (non-hydrogen) atoms. The molecule has 3 amide bonds. The van der Waals surface area contributed by atoms with Crippen molar-refractivity contribution in [2.45, 2.75) is 31.8 Å². The maximum atomic E-state index is 13.0. The SMILES string of the molecule is COC(=O)[C@@H](C)NC(=O)[C@H]1CN(C(=O)C2CCNCC2)CCN1C(=O)c1cccs1. The molecule has 2 N–H and O–H groups in total. The number of rotatable bonds is 5. The first kappa shape index (κ1) is 22.2. The van der Waals surface area contributed by atoms with Crippen molar-refractivity contribution in [2.24, 2.45) is 5.92 Å². The fourth-order valence-corrected chi connectivity index (χ4v) is 4.54. The fourth-order valence-electron chi connectivity index (χ4n) is 3.86. The first-order chi connectivity index (χ1) is 14.4. The van der Waals surface area contributed by atoms with Gasteiger partial charge in [-0.3, -0.25) is 14.4 Å². The van der Waals surface area contributed by atoms with Crippen molar-refractivity contribution >= 4 is 35.0 Å². The van der Waals surface area contributed by atoms with Crippen LogP contribution in [0, 0.1) is 5.92 Å². The van der Waals surface area contributed by atoms with E-state index in [1.54, 1.807) is 22.4 Å². The number of carbonyl (C=O) groups is 4. The summed E-state index contributed by atoms with van der Waals surface area (Å²) in [4.78, 5) is 54.4. The lowest BCUT2D eigenvalue weighted by Gasteiger charge is -2.42. The fraction of sp³-hybridized carbons (Fsp3) is 0.600. The normalized spacial score (nSPS) is 21.1. The topological polar surface area (TPSA) is 108 Å². The van der Waals surface area contributed by atoms with Gasteiger partial charge >= 0.3 is 5.97 Å². The summed E-state index contributed by atoms with van der Waals surface area (Å²) >= 11 is 1.31. The third kappa shape index (κ3) is 4.99. The molecule has 2 aliphatic heterocycles. The molecule has 3 rings (SSSR count). The highest BCUT2D eigenvalue weighted by Gasteiger charge is 2.39. The zero-order valence-electron chi connectivity index (χ0n) is 17.3. The van der Waals surface area contributed by atoms with Crippen molar-refractivity contribution in [1.29, 1.82) is 0 Å². The Bertz CT molecular complexity index is 778. The average molecular weight is 437 g/mol. The maximum Gasteiger partial charge on any atom is 0.328 e. The molecule has 3 heterocycles. The van der Waals surface area contributed by atoms with Crippen LogP contribution in [0.15, 0.2) is 17.5 Å². The molecule has 2 saturated heterocycles. The highest BCUT2D eigenvalue weighted by atomic mass is 32.1. The number of piperidine rings is 1. The summed E-state index contributed by atoms with van der Waals surface area (Å²) in [7, 11) is 1.25. The average Bonchev–Trinajstić information content (AvgIpc) is 3.32. The molecule has 0 saturated carbocycles. The molecule has 164 valence electrons. The molecule has 0 aliphatic carbocycles. The van der Waals surface area contributed by atoms with Crippen LogP contribution in [0.5, 0.6) is 0 Å². The predicted molar refractivity (Wildman–Crippen MR) is 111 cm³/mol. The number of nitrogens with zero attached hydrogens (tertiary/aromatic N) is 2. The van der Waals surface area contributed by atoms with Gasteiger partial charge in [-0.2, -0.15) is 0 Å². The number of hydrogen-bond acceptors (Lipinski definition) is 7. The number of ether oxygens (including phenoxy) is 1. The second-order valence-electron chi connectivity index (χ2n) is 7.55. The molecule has 10 heteroatoms. The first-order valence-electron chi connectivity index (χ1n) is 10.1. The van der Waals surface area contributed by atoms with Crippen LogP contribution in [-0.2, 0) is 19.1 Å². The van der Waals surface area contributed by atoms with Gasteiger partial charge in [-0.25, -0.2) is 4.79 Å². The van der Waals surface area contributed by atoms with Crippen LogP contribution in [0.1, 0.15) is 29.4 Å². The van der Waals surface area contributed by atoms with Crippen LogP contribution in [0.3, 0.4) is 0 Å². The molecule has 0 radical (unpaired) electrons. The Morgan fingerprint density at radius 2 is 1.97 bits per heavy atom.